The maximum absolute atomic E-state index is 12.0. The average Bonchev–Trinajstić information content (AvgIpc) is 2.72. The number of Topliss-reactive ketones (excluding diaryl/α,β-unsaturated/α-hetero) is 1. The van der Waals surface area contributed by atoms with Crippen LogP contribution in [0.15, 0.2) is 36.7 Å². The Balaban J connectivity index is 1.47. The molecule has 5 nitrogen and oxygen atoms in total. The summed E-state index contributed by atoms with van der Waals surface area (Å²) in [6.07, 6.45) is 10.5. The van der Waals surface area contributed by atoms with Crippen LogP contribution in [0.3, 0.4) is 0 Å². The van der Waals surface area contributed by atoms with Gasteiger partial charge in [0.1, 0.15) is 0 Å². The predicted molar refractivity (Wildman–Crippen MR) is 112 cm³/mol. The number of carbonyl (C=O) groups is 1. The van der Waals surface area contributed by atoms with Gasteiger partial charge >= 0.3 is 0 Å². The largest absolute Gasteiger partial charge is 0.345 e. The molecule has 0 amide bonds. The van der Waals surface area contributed by atoms with Crippen LogP contribution in [-0.2, 0) is 5.54 Å². The molecule has 2 N–H and O–H groups in total. The number of hydrogen-bond acceptors (Lipinski definition) is 5. The van der Waals surface area contributed by atoms with Crippen LogP contribution in [0.5, 0.6) is 0 Å². The number of nitrogens with zero attached hydrogens (tertiary/aromatic N) is 2. The van der Waals surface area contributed by atoms with Gasteiger partial charge in [-0.2, -0.15) is 0 Å². The van der Waals surface area contributed by atoms with Gasteiger partial charge in [0, 0.05) is 18.8 Å². The summed E-state index contributed by atoms with van der Waals surface area (Å²) in [5.74, 6) is 1.40. The summed E-state index contributed by atoms with van der Waals surface area (Å²) in [7, 11) is 0. The Labute approximate surface area is 167 Å². The smallest absolute Gasteiger partial charge is 0.223 e. The van der Waals surface area contributed by atoms with Crippen molar-refractivity contribution < 1.29 is 4.79 Å². The van der Waals surface area contributed by atoms with Crippen LogP contribution in [0.1, 0.15) is 79.3 Å². The standard InChI is InChI=1S/C23H30N4O/c1-2-4-21(28)19-15-25-22(26-16-19)27-23(11-3-12-23)20-7-5-17(6-8-20)18-9-13-24-14-10-18/h5-8,15-16,18,24H,2-4,9-14H2,1H3,(H,25,26,27). The number of anilines is 1. The number of ketones is 1. The summed E-state index contributed by atoms with van der Waals surface area (Å²) < 4.78 is 0. The van der Waals surface area contributed by atoms with Crippen LogP contribution in [0.25, 0.3) is 0 Å². The van der Waals surface area contributed by atoms with Crippen LogP contribution >= 0.6 is 0 Å². The minimum absolute atomic E-state index is 0.0818. The van der Waals surface area contributed by atoms with Gasteiger partial charge in [-0.25, -0.2) is 9.97 Å². The fraction of sp³-hybridized carbons (Fsp3) is 0.522. The summed E-state index contributed by atoms with van der Waals surface area (Å²) in [5.41, 5.74) is 3.28. The highest BCUT2D eigenvalue weighted by molar-refractivity contribution is 5.95. The van der Waals surface area contributed by atoms with E-state index in [0.29, 0.717) is 23.9 Å². The minimum atomic E-state index is -0.0818. The molecule has 0 unspecified atom stereocenters. The Bertz CT molecular complexity index is 790. The Hall–Kier alpha value is -2.27. The first-order chi connectivity index (χ1) is 13.7. The zero-order valence-corrected chi connectivity index (χ0v) is 16.7. The molecule has 2 aliphatic rings. The lowest BCUT2D eigenvalue weighted by Crippen LogP contribution is -2.42. The topological polar surface area (TPSA) is 66.9 Å². The lowest BCUT2D eigenvalue weighted by Gasteiger charge is -2.43. The van der Waals surface area contributed by atoms with Crippen molar-refractivity contribution in [3.8, 4) is 0 Å². The van der Waals surface area contributed by atoms with Crippen LogP contribution < -0.4 is 10.6 Å². The first-order valence-electron chi connectivity index (χ1n) is 10.6. The van der Waals surface area contributed by atoms with E-state index in [1.54, 1.807) is 12.4 Å². The molecular weight excluding hydrogens is 348 g/mol. The van der Waals surface area contributed by atoms with E-state index >= 15 is 0 Å². The number of piperidine rings is 1. The molecular formula is C23H30N4O. The van der Waals surface area contributed by atoms with E-state index in [2.05, 4.69) is 44.9 Å². The molecule has 1 aromatic heterocycles. The summed E-state index contributed by atoms with van der Waals surface area (Å²) in [6.45, 7) is 4.24. The van der Waals surface area contributed by atoms with Crippen molar-refractivity contribution in [1.29, 1.82) is 0 Å². The van der Waals surface area contributed by atoms with Crippen LogP contribution in [0, 0.1) is 0 Å². The summed E-state index contributed by atoms with van der Waals surface area (Å²) >= 11 is 0. The quantitative estimate of drug-likeness (QED) is 0.698. The predicted octanol–water partition coefficient (Wildman–Crippen LogP) is 4.42. The summed E-state index contributed by atoms with van der Waals surface area (Å²) in [6, 6.07) is 9.17. The van der Waals surface area contributed by atoms with E-state index in [1.165, 1.54) is 30.4 Å². The van der Waals surface area contributed by atoms with Crippen LogP contribution in [0.2, 0.25) is 0 Å². The normalized spacial score (nSPS) is 19.0. The molecule has 1 aliphatic heterocycles. The molecule has 0 bridgehead atoms. The molecule has 4 rings (SSSR count). The van der Waals surface area contributed by atoms with Crippen molar-refractivity contribution in [2.75, 3.05) is 18.4 Å². The third-order valence-electron chi connectivity index (χ3n) is 6.28. The second kappa shape index (κ2) is 8.39. The van der Waals surface area contributed by atoms with Gasteiger partial charge in [-0.05, 0) is 68.7 Å². The summed E-state index contributed by atoms with van der Waals surface area (Å²) in [5, 5.41) is 7.00. The second-order valence-electron chi connectivity index (χ2n) is 8.18. The van der Waals surface area contributed by atoms with Crippen molar-refractivity contribution in [2.45, 2.75) is 63.3 Å². The van der Waals surface area contributed by atoms with Crippen molar-refractivity contribution in [3.05, 3.63) is 53.3 Å². The number of aromatic nitrogens is 2. The number of rotatable bonds is 7. The lowest BCUT2D eigenvalue weighted by molar-refractivity contribution is 0.0981. The highest BCUT2D eigenvalue weighted by atomic mass is 16.1. The number of benzene rings is 1. The Kier molecular flexibility index (Phi) is 5.72. The second-order valence-corrected chi connectivity index (χ2v) is 8.18. The average molecular weight is 379 g/mol. The van der Waals surface area contributed by atoms with E-state index in [9.17, 15) is 4.79 Å². The third kappa shape index (κ3) is 3.95. The fourth-order valence-corrected chi connectivity index (χ4v) is 4.37. The Morgan fingerprint density at radius 3 is 2.39 bits per heavy atom. The molecule has 1 aromatic carbocycles. The molecule has 28 heavy (non-hydrogen) atoms. The zero-order chi connectivity index (χ0) is 19.4. The zero-order valence-electron chi connectivity index (χ0n) is 16.7. The maximum atomic E-state index is 12.0. The van der Waals surface area contributed by atoms with E-state index in [4.69, 9.17) is 0 Å². The number of hydrogen-bond donors (Lipinski definition) is 2. The number of carbonyl (C=O) groups excluding carboxylic acids is 1. The highest BCUT2D eigenvalue weighted by Crippen LogP contribution is 2.44. The van der Waals surface area contributed by atoms with Gasteiger partial charge in [-0.1, -0.05) is 31.2 Å². The van der Waals surface area contributed by atoms with E-state index in [0.717, 1.165) is 32.4 Å². The van der Waals surface area contributed by atoms with E-state index < -0.39 is 0 Å². The molecule has 0 spiro atoms. The number of nitrogens with one attached hydrogen (secondary N) is 2. The van der Waals surface area contributed by atoms with Crippen molar-refractivity contribution >= 4 is 11.7 Å². The molecule has 5 heteroatoms. The van der Waals surface area contributed by atoms with Gasteiger partial charge in [-0.3, -0.25) is 4.79 Å². The SMILES string of the molecule is CCCC(=O)c1cnc(NC2(c3ccc(C4CCNCC4)cc3)CCC2)nc1. The van der Waals surface area contributed by atoms with Gasteiger partial charge < -0.3 is 10.6 Å². The molecule has 0 atom stereocenters. The van der Waals surface area contributed by atoms with Gasteiger partial charge in [0.25, 0.3) is 0 Å². The van der Waals surface area contributed by atoms with Gasteiger partial charge in [-0.15, -0.1) is 0 Å². The lowest BCUT2D eigenvalue weighted by atomic mass is 9.71. The maximum Gasteiger partial charge on any atom is 0.223 e. The van der Waals surface area contributed by atoms with E-state index in [1.807, 2.05) is 6.92 Å². The molecule has 0 radical (unpaired) electrons. The first-order valence-corrected chi connectivity index (χ1v) is 10.6. The Morgan fingerprint density at radius 2 is 1.82 bits per heavy atom. The van der Waals surface area contributed by atoms with Crippen LogP contribution in [-0.4, -0.2) is 28.8 Å². The van der Waals surface area contributed by atoms with Crippen molar-refractivity contribution in [1.82, 2.24) is 15.3 Å². The molecule has 1 aliphatic carbocycles. The fourth-order valence-electron chi connectivity index (χ4n) is 4.37. The monoisotopic (exact) mass is 378 g/mol. The molecule has 1 saturated heterocycles. The van der Waals surface area contributed by atoms with Crippen LogP contribution in [0.4, 0.5) is 5.95 Å². The van der Waals surface area contributed by atoms with Crippen molar-refractivity contribution in [2.24, 2.45) is 0 Å². The van der Waals surface area contributed by atoms with Gasteiger partial charge in [0.05, 0.1) is 11.1 Å². The van der Waals surface area contributed by atoms with Gasteiger partial charge in [0.15, 0.2) is 5.78 Å². The molecule has 2 fully saturated rings. The van der Waals surface area contributed by atoms with Gasteiger partial charge in [0.2, 0.25) is 5.95 Å². The Morgan fingerprint density at radius 1 is 1.14 bits per heavy atom. The molecule has 1 saturated carbocycles. The third-order valence-corrected chi connectivity index (χ3v) is 6.28. The minimum Gasteiger partial charge on any atom is -0.345 e. The molecule has 148 valence electrons. The molecule has 2 heterocycles. The highest BCUT2D eigenvalue weighted by Gasteiger charge is 2.39. The van der Waals surface area contributed by atoms with Crippen molar-refractivity contribution in [3.63, 3.8) is 0 Å². The first kappa shape index (κ1) is 19.1. The molecule has 2 aromatic rings. The summed E-state index contributed by atoms with van der Waals surface area (Å²) in [4.78, 5) is 20.8. The van der Waals surface area contributed by atoms with E-state index in [-0.39, 0.29) is 11.3 Å².